The molecule has 1 aliphatic carbocycles. The Hall–Kier alpha value is -2.12. The number of aromatic nitrogens is 3. The van der Waals surface area contributed by atoms with Crippen LogP contribution >= 0.6 is 0 Å². The first-order valence-electron chi connectivity index (χ1n) is 11.2. The predicted molar refractivity (Wildman–Crippen MR) is 112 cm³/mol. The number of carbonyl (C=O) groups excluding carboxylic acids is 1. The molecule has 0 bridgehead atoms. The van der Waals surface area contributed by atoms with Gasteiger partial charge in [-0.1, -0.05) is 6.92 Å². The molecular formula is C23H31F3N4O. The van der Waals surface area contributed by atoms with E-state index in [9.17, 15) is 18.0 Å². The Labute approximate surface area is 181 Å². The average Bonchev–Trinajstić information content (AvgIpc) is 3.12. The standard InChI is InChI=1S/C23H31F3N4O/c1-13-9-10-29(16(4)31)12-19(13)22-14(2)15(3)27-21-11-20(28-30(21)22)17-5-7-18(8-6-17)23(24,25)26/h11,13,17-19H,5-10,12H2,1-4H3/t13-,17?,18?,19+/m1/s1. The van der Waals surface area contributed by atoms with Gasteiger partial charge in [-0.05, 0) is 57.4 Å². The first-order chi connectivity index (χ1) is 14.6. The van der Waals surface area contributed by atoms with Crippen molar-refractivity contribution in [1.29, 1.82) is 0 Å². The number of nitrogens with zero attached hydrogens (tertiary/aromatic N) is 4. The van der Waals surface area contributed by atoms with Crippen LogP contribution in [0.15, 0.2) is 6.07 Å². The number of amides is 1. The zero-order chi connectivity index (χ0) is 22.5. The fourth-order valence-electron chi connectivity index (χ4n) is 5.31. The van der Waals surface area contributed by atoms with Gasteiger partial charge in [0.25, 0.3) is 0 Å². The summed E-state index contributed by atoms with van der Waals surface area (Å²) in [7, 11) is 0. The normalized spacial score (nSPS) is 27.6. The van der Waals surface area contributed by atoms with E-state index in [1.54, 1.807) is 6.92 Å². The summed E-state index contributed by atoms with van der Waals surface area (Å²) in [5.41, 5.74) is 4.67. The highest BCUT2D eigenvalue weighted by Gasteiger charge is 2.42. The van der Waals surface area contributed by atoms with E-state index >= 15 is 0 Å². The highest BCUT2D eigenvalue weighted by molar-refractivity contribution is 5.73. The summed E-state index contributed by atoms with van der Waals surface area (Å²) >= 11 is 0. The van der Waals surface area contributed by atoms with Crippen LogP contribution in [0, 0.1) is 25.7 Å². The maximum Gasteiger partial charge on any atom is 0.391 e. The van der Waals surface area contributed by atoms with Gasteiger partial charge in [0, 0.05) is 43.6 Å². The minimum Gasteiger partial charge on any atom is -0.342 e. The molecule has 1 aliphatic heterocycles. The lowest BCUT2D eigenvalue weighted by molar-refractivity contribution is -0.182. The molecule has 2 aromatic rings. The molecule has 0 spiro atoms. The lowest BCUT2D eigenvalue weighted by Crippen LogP contribution is -2.42. The van der Waals surface area contributed by atoms with Gasteiger partial charge >= 0.3 is 6.18 Å². The quantitative estimate of drug-likeness (QED) is 0.654. The van der Waals surface area contributed by atoms with Gasteiger partial charge in [-0.2, -0.15) is 18.3 Å². The number of piperidine rings is 1. The summed E-state index contributed by atoms with van der Waals surface area (Å²) in [6, 6.07) is 1.95. The van der Waals surface area contributed by atoms with Crippen molar-refractivity contribution in [3.8, 4) is 0 Å². The van der Waals surface area contributed by atoms with Crippen LogP contribution < -0.4 is 0 Å². The van der Waals surface area contributed by atoms with E-state index in [0.717, 1.165) is 41.3 Å². The molecular weight excluding hydrogens is 405 g/mol. The van der Waals surface area contributed by atoms with Gasteiger partial charge in [-0.25, -0.2) is 9.50 Å². The molecule has 0 radical (unpaired) electrons. The summed E-state index contributed by atoms with van der Waals surface area (Å²) in [5, 5.41) is 4.87. The lowest BCUT2D eigenvalue weighted by Gasteiger charge is -2.37. The van der Waals surface area contributed by atoms with Crippen molar-refractivity contribution < 1.29 is 18.0 Å². The van der Waals surface area contributed by atoms with Crippen molar-refractivity contribution in [2.24, 2.45) is 11.8 Å². The average molecular weight is 437 g/mol. The highest BCUT2D eigenvalue weighted by atomic mass is 19.4. The van der Waals surface area contributed by atoms with E-state index in [4.69, 9.17) is 10.1 Å². The first-order valence-corrected chi connectivity index (χ1v) is 11.2. The van der Waals surface area contributed by atoms with Crippen LogP contribution in [0.4, 0.5) is 13.2 Å². The van der Waals surface area contributed by atoms with Gasteiger partial charge in [0.1, 0.15) is 0 Å². The molecule has 1 saturated carbocycles. The van der Waals surface area contributed by atoms with Crippen LogP contribution in [0.5, 0.6) is 0 Å². The fourth-order valence-corrected chi connectivity index (χ4v) is 5.31. The van der Waals surface area contributed by atoms with Crippen LogP contribution in [0.2, 0.25) is 0 Å². The number of likely N-dealkylation sites (tertiary alicyclic amines) is 1. The molecule has 1 amide bonds. The zero-order valence-electron chi connectivity index (χ0n) is 18.7. The second-order valence-corrected chi connectivity index (χ2v) is 9.47. The van der Waals surface area contributed by atoms with Crippen molar-refractivity contribution in [3.05, 3.63) is 28.7 Å². The topological polar surface area (TPSA) is 50.5 Å². The van der Waals surface area contributed by atoms with Gasteiger partial charge in [-0.3, -0.25) is 4.79 Å². The minimum atomic E-state index is -4.10. The van der Waals surface area contributed by atoms with Gasteiger partial charge in [0.2, 0.25) is 5.91 Å². The molecule has 2 aromatic heterocycles. The Bertz CT molecular complexity index is 975. The van der Waals surface area contributed by atoms with E-state index in [1.165, 1.54) is 0 Å². The van der Waals surface area contributed by atoms with Gasteiger partial charge in [0.15, 0.2) is 5.65 Å². The Balaban J connectivity index is 1.68. The van der Waals surface area contributed by atoms with Crippen LogP contribution in [0.25, 0.3) is 5.65 Å². The number of rotatable bonds is 2. The third kappa shape index (κ3) is 4.17. The van der Waals surface area contributed by atoms with Gasteiger partial charge in [-0.15, -0.1) is 0 Å². The van der Waals surface area contributed by atoms with Crippen LogP contribution in [0.1, 0.15) is 80.4 Å². The number of carbonyl (C=O) groups is 1. The van der Waals surface area contributed by atoms with E-state index in [0.29, 0.717) is 25.3 Å². The molecule has 2 fully saturated rings. The first kappa shape index (κ1) is 22.1. The number of hydrogen-bond acceptors (Lipinski definition) is 3. The Kier molecular flexibility index (Phi) is 5.77. The summed E-state index contributed by atoms with van der Waals surface area (Å²) in [4.78, 5) is 18.6. The number of fused-ring (bicyclic) bond motifs is 1. The SMILES string of the molecule is CC(=O)N1CC[C@@H](C)[C@@H](c2c(C)c(C)nc3cc(C4CCC(C(F)(F)F)CC4)nn23)C1. The van der Waals surface area contributed by atoms with Crippen LogP contribution in [-0.4, -0.2) is 44.7 Å². The molecule has 0 aromatic carbocycles. The molecule has 3 heterocycles. The summed E-state index contributed by atoms with van der Waals surface area (Å²) in [6.07, 6.45) is -1.85. The molecule has 170 valence electrons. The van der Waals surface area contributed by atoms with Crippen molar-refractivity contribution in [2.45, 2.75) is 77.8 Å². The minimum absolute atomic E-state index is 0.0336. The second kappa shape index (κ2) is 8.10. The van der Waals surface area contributed by atoms with E-state index in [1.807, 2.05) is 29.3 Å². The molecule has 4 rings (SSSR count). The molecule has 1 saturated heterocycles. The molecule has 8 heteroatoms. The fraction of sp³-hybridized carbons (Fsp3) is 0.696. The molecule has 31 heavy (non-hydrogen) atoms. The highest BCUT2D eigenvalue weighted by Crippen LogP contribution is 2.43. The second-order valence-electron chi connectivity index (χ2n) is 9.47. The van der Waals surface area contributed by atoms with Crippen LogP contribution in [0.3, 0.4) is 0 Å². The Morgan fingerprint density at radius 1 is 1.13 bits per heavy atom. The maximum atomic E-state index is 13.1. The Morgan fingerprint density at radius 3 is 2.42 bits per heavy atom. The summed E-state index contributed by atoms with van der Waals surface area (Å²) in [5.74, 6) is -0.533. The van der Waals surface area contributed by atoms with Crippen molar-refractivity contribution >= 4 is 11.6 Å². The molecule has 0 unspecified atom stereocenters. The third-order valence-electron chi connectivity index (χ3n) is 7.51. The number of aryl methyl sites for hydroxylation is 1. The molecule has 5 nitrogen and oxygen atoms in total. The number of halogens is 3. The molecule has 0 N–H and O–H groups in total. The monoisotopic (exact) mass is 436 g/mol. The van der Waals surface area contributed by atoms with Gasteiger partial charge < -0.3 is 4.90 Å². The summed E-state index contributed by atoms with van der Waals surface area (Å²) < 4.78 is 41.1. The van der Waals surface area contributed by atoms with Crippen molar-refractivity contribution in [3.63, 3.8) is 0 Å². The molecule has 2 aliphatic rings. The van der Waals surface area contributed by atoms with Gasteiger partial charge in [0.05, 0.1) is 17.3 Å². The van der Waals surface area contributed by atoms with E-state index in [-0.39, 0.29) is 30.6 Å². The largest absolute Gasteiger partial charge is 0.391 e. The Morgan fingerprint density at radius 2 is 1.81 bits per heavy atom. The third-order valence-corrected chi connectivity index (χ3v) is 7.51. The van der Waals surface area contributed by atoms with Crippen LogP contribution in [-0.2, 0) is 4.79 Å². The summed E-state index contributed by atoms with van der Waals surface area (Å²) in [6.45, 7) is 9.28. The molecule has 2 atom stereocenters. The lowest BCUT2D eigenvalue weighted by atomic mass is 9.80. The smallest absolute Gasteiger partial charge is 0.342 e. The van der Waals surface area contributed by atoms with E-state index < -0.39 is 12.1 Å². The number of alkyl halides is 3. The van der Waals surface area contributed by atoms with Crippen molar-refractivity contribution in [1.82, 2.24) is 19.5 Å². The predicted octanol–water partition coefficient (Wildman–Crippen LogP) is 5.15. The van der Waals surface area contributed by atoms with E-state index in [2.05, 4.69) is 6.92 Å². The maximum absolute atomic E-state index is 13.1. The number of hydrogen-bond donors (Lipinski definition) is 0. The zero-order valence-corrected chi connectivity index (χ0v) is 18.7. The van der Waals surface area contributed by atoms with Crippen molar-refractivity contribution in [2.75, 3.05) is 13.1 Å².